The highest BCUT2D eigenvalue weighted by molar-refractivity contribution is 9.10. The number of anilines is 1. The minimum atomic E-state index is -1.23. The van der Waals surface area contributed by atoms with E-state index < -0.39 is 35.1 Å². The third-order valence-electron chi connectivity index (χ3n) is 5.39. The van der Waals surface area contributed by atoms with Crippen molar-refractivity contribution in [1.82, 2.24) is 5.32 Å². The van der Waals surface area contributed by atoms with Gasteiger partial charge in [0.05, 0.1) is 11.7 Å². The summed E-state index contributed by atoms with van der Waals surface area (Å²) in [5.74, 6) is -5.41. The molecule has 0 bridgehead atoms. The Bertz CT molecular complexity index is 1030. The van der Waals surface area contributed by atoms with E-state index in [0.29, 0.717) is 6.07 Å². The molecule has 2 aromatic carbocycles. The van der Waals surface area contributed by atoms with E-state index in [2.05, 4.69) is 21.2 Å². The van der Waals surface area contributed by atoms with Crippen molar-refractivity contribution >= 4 is 39.2 Å². The van der Waals surface area contributed by atoms with Gasteiger partial charge in [-0.25, -0.2) is 8.78 Å². The van der Waals surface area contributed by atoms with Gasteiger partial charge in [0.2, 0.25) is 11.7 Å². The molecule has 1 aliphatic carbocycles. The van der Waals surface area contributed by atoms with Gasteiger partial charge in [0.25, 0.3) is 5.91 Å². The fourth-order valence-electron chi connectivity index (χ4n) is 3.93. The minimum Gasteiger partial charge on any atom is -0.349 e. The highest BCUT2D eigenvalue weighted by atomic mass is 79.9. The van der Waals surface area contributed by atoms with Crippen molar-refractivity contribution in [3.63, 3.8) is 0 Å². The molecule has 2 aromatic rings. The zero-order valence-corrected chi connectivity index (χ0v) is 16.8. The number of carbonyl (C=O) groups excluding carboxylic acids is 3. The second-order valence-corrected chi connectivity index (χ2v) is 8.14. The number of aryl methyl sites for hydroxylation is 1. The maximum absolute atomic E-state index is 14.1. The molecule has 1 fully saturated rings. The van der Waals surface area contributed by atoms with Gasteiger partial charge < -0.3 is 10.2 Å². The lowest BCUT2D eigenvalue weighted by Crippen LogP contribution is -2.39. The Kier molecular flexibility index (Phi) is 5.21. The zero-order valence-electron chi connectivity index (χ0n) is 15.3. The van der Waals surface area contributed by atoms with Gasteiger partial charge in [-0.2, -0.15) is 0 Å². The Balaban J connectivity index is 1.54. The second kappa shape index (κ2) is 7.67. The number of benzene rings is 2. The Morgan fingerprint density at radius 3 is 2.69 bits per heavy atom. The summed E-state index contributed by atoms with van der Waals surface area (Å²) < 4.78 is 28.1. The van der Waals surface area contributed by atoms with Crippen LogP contribution in [0.25, 0.3) is 0 Å². The third-order valence-corrected chi connectivity index (χ3v) is 5.89. The summed E-state index contributed by atoms with van der Waals surface area (Å²) in [6, 6.07) is 8.35. The number of nitrogens with one attached hydrogen (secondary N) is 1. The van der Waals surface area contributed by atoms with Crippen molar-refractivity contribution in [2.24, 2.45) is 5.92 Å². The van der Waals surface area contributed by atoms with E-state index in [9.17, 15) is 23.2 Å². The van der Waals surface area contributed by atoms with Gasteiger partial charge in [-0.3, -0.25) is 14.4 Å². The van der Waals surface area contributed by atoms with E-state index in [-0.39, 0.29) is 18.3 Å². The molecule has 2 atom stereocenters. The molecule has 1 heterocycles. The normalized spacial score (nSPS) is 21.3. The number of halogens is 3. The monoisotopic (exact) mass is 462 g/mol. The zero-order chi connectivity index (χ0) is 20.7. The van der Waals surface area contributed by atoms with Crippen molar-refractivity contribution < 1.29 is 23.2 Å². The van der Waals surface area contributed by atoms with E-state index >= 15 is 0 Å². The van der Waals surface area contributed by atoms with E-state index in [1.165, 1.54) is 0 Å². The SMILES string of the molecule is O=C(NC1CCCc2ccc(Br)cc21)C1CN(c2ccc(F)cc2F)C(=O)C1=O. The molecule has 0 aromatic heterocycles. The smallest absolute Gasteiger partial charge is 0.295 e. The van der Waals surface area contributed by atoms with E-state index in [1.807, 2.05) is 18.2 Å². The predicted molar refractivity (Wildman–Crippen MR) is 105 cm³/mol. The molecule has 29 heavy (non-hydrogen) atoms. The van der Waals surface area contributed by atoms with E-state index in [1.54, 1.807) is 0 Å². The number of Topliss-reactive ketones (excluding diaryl/α,β-unsaturated/α-hetero) is 1. The quantitative estimate of drug-likeness (QED) is 0.561. The lowest BCUT2D eigenvalue weighted by molar-refractivity contribution is -0.139. The van der Waals surface area contributed by atoms with Gasteiger partial charge in [-0.05, 0) is 54.7 Å². The lowest BCUT2D eigenvalue weighted by atomic mass is 9.87. The summed E-state index contributed by atoms with van der Waals surface area (Å²) in [4.78, 5) is 38.4. The van der Waals surface area contributed by atoms with Crippen LogP contribution in [-0.4, -0.2) is 24.1 Å². The number of ketones is 1. The molecule has 4 rings (SSSR count). The number of hydrogen-bond donors (Lipinski definition) is 1. The molecule has 0 saturated carbocycles. The van der Waals surface area contributed by atoms with Gasteiger partial charge in [-0.1, -0.05) is 22.0 Å². The number of amides is 2. The molecule has 0 spiro atoms. The van der Waals surface area contributed by atoms with Crippen LogP contribution in [0.5, 0.6) is 0 Å². The molecule has 2 amide bonds. The van der Waals surface area contributed by atoms with Crippen LogP contribution in [0.2, 0.25) is 0 Å². The molecular weight excluding hydrogens is 446 g/mol. The van der Waals surface area contributed by atoms with Gasteiger partial charge in [0, 0.05) is 17.1 Å². The predicted octanol–water partition coefficient (Wildman–Crippen LogP) is 3.45. The molecule has 2 aliphatic rings. The van der Waals surface area contributed by atoms with Gasteiger partial charge >= 0.3 is 0 Å². The van der Waals surface area contributed by atoms with Crippen molar-refractivity contribution in [2.75, 3.05) is 11.4 Å². The molecule has 0 radical (unpaired) electrons. The molecule has 1 aliphatic heterocycles. The molecule has 8 heteroatoms. The van der Waals surface area contributed by atoms with Crippen molar-refractivity contribution in [3.05, 3.63) is 63.6 Å². The minimum absolute atomic E-state index is 0.216. The second-order valence-electron chi connectivity index (χ2n) is 7.22. The molecule has 150 valence electrons. The Labute approximate surface area is 174 Å². The number of rotatable bonds is 3. The van der Waals surface area contributed by atoms with Gasteiger partial charge in [0.1, 0.15) is 17.6 Å². The first kappa shape index (κ1) is 19.7. The van der Waals surface area contributed by atoms with Crippen LogP contribution >= 0.6 is 15.9 Å². The number of nitrogens with zero attached hydrogens (tertiary/aromatic N) is 1. The first-order valence-electron chi connectivity index (χ1n) is 9.24. The van der Waals surface area contributed by atoms with Gasteiger partial charge in [0.15, 0.2) is 0 Å². The average molecular weight is 463 g/mol. The molecule has 1 N–H and O–H groups in total. The Morgan fingerprint density at radius 2 is 1.93 bits per heavy atom. The molecule has 1 saturated heterocycles. The topological polar surface area (TPSA) is 66.5 Å². The van der Waals surface area contributed by atoms with Crippen LogP contribution in [0, 0.1) is 17.6 Å². The highest BCUT2D eigenvalue weighted by Gasteiger charge is 2.45. The molecule has 2 unspecified atom stereocenters. The fraction of sp³-hybridized carbons (Fsp3) is 0.286. The Morgan fingerprint density at radius 1 is 1.14 bits per heavy atom. The Hall–Kier alpha value is -2.61. The summed E-state index contributed by atoms with van der Waals surface area (Å²) in [5, 5.41) is 2.88. The van der Waals surface area contributed by atoms with Crippen molar-refractivity contribution in [3.8, 4) is 0 Å². The van der Waals surface area contributed by atoms with Gasteiger partial charge in [-0.15, -0.1) is 0 Å². The first-order valence-corrected chi connectivity index (χ1v) is 10.0. The largest absolute Gasteiger partial charge is 0.349 e. The summed E-state index contributed by atoms with van der Waals surface area (Å²) in [5.41, 5.74) is 1.90. The maximum atomic E-state index is 14.1. The number of carbonyl (C=O) groups is 3. The first-order chi connectivity index (χ1) is 13.8. The van der Waals surface area contributed by atoms with Crippen LogP contribution in [0.3, 0.4) is 0 Å². The molecular formula is C21H17BrF2N2O3. The standard InChI is InChI=1S/C21H17BrF2N2O3/c22-12-5-4-11-2-1-3-17(14(11)8-12)25-20(28)15-10-26(21(29)19(15)27)18-7-6-13(23)9-16(18)24/h4-9,15,17H,1-3,10H2,(H,25,28). The van der Waals surface area contributed by atoms with Crippen molar-refractivity contribution in [2.45, 2.75) is 25.3 Å². The van der Waals surface area contributed by atoms with Crippen LogP contribution in [0.4, 0.5) is 14.5 Å². The van der Waals surface area contributed by atoms with Crippen LogP contribution in [-0.2, 0) is 20.8 Å². The summed E-state index contributed by atoms with van der Waals surface area (Å²) in [6.45, 7) is -0.274. The van der Waals surface area contributed by atoms with E-state index in [0.717, 1.165) is 51.9 Å². The third kappa shape index (κ3) is 3.69. The van der Waals surface area contributed by atoms with Crippen LogP contribution < -0.4 is 10.2 Å². The number of fused-ring (bicyclic) bond motifs is 1. The summed E-state index contributed by atoms with van der Waals surface area (Å²) in [6.07, 6.45) is 2.53. The lowest BCUT2D eigenvalue weighted by Gasteiger charge is -2.27. The maximum Gasteiger partial charge on any atom is 0.295 e. The fourth-order valence-corrected chi connectivity index (χ4v) is 4.31. The number of hydrogen-bond acceptors (Lipinski definition) is 3. The molecule has 5 nitrogen and oxygen atoms in total. The van der Waals surface area contributed by atoms with E-state index in [4.69, 9.17) is 0 Å². The highest BCUT2D eigenvalue weighted by Crippen LogP contribution is 2.33. The van der Waals surface area contributed by atoms with Crippen LogP contribution in [0.15, 0.2) is 40.9 Å². The summed E-state index contributed by atoms with van der Waals surface area (Å²) >= 11 is 3.43. The van der Waals surface area contributed by atoms with Crippen molar-refractivity contribution in [1.29, 1.82) is 0 Å². The average Bonchev–Trinajstić information content (AvgIpc) is 2.97. The van der Waals surface area contributed by atoms with Crippen LogP contribution in [0.1, 0.15) is 30.0 Å². The summed E-state index contributed by atoms with van der Waals surface area (Å²) in [7, 11) is 0.